The smallest absolute Gasteiger partial charge is 0.167 e. The standard InChI is InChI=1S/C17H15ClFN3O2/c1-23-15-5-3-4-12(18)11(15)8-20-17-10-6-16(24-2)13(19)7-14(10)21-9-22-17/h3-7,9H,8H2,1-2H3,(H,20,21,22). The summed E-state index contributed by atoms with van der Waals surface area (Å²) in [6.07, 6.45) is 1.38. The second-order valence-electron chi connectivity index (χ2n) is 5.00. The molecule has 0 spiro atoms. The normalized spacial score (nSPS) is 10.7. The van der Waals surface area contributed by atoms with E-state index in [1.807, 2.05) is 12.1 Å². The molecule has 5 nitrogen and oxygen atoms in total. The Hall–Kier alpha value is -2.60. The van der Waals surface area contributed by atoms with Crippen LogP contribution in [0.15, 0.2) is 36.7 Å². The summed E-state index contributed by atoms with van der Waals surface area (Å²) in [5, 5.41) is 4.44. The predicted octanol–water partition coefficient (Wildman–Crippen LogP) is 4.05. The van der Waals surface area contributed by atoms with Gasteiger partial charge in [0.15, 0.2) is 11.6 Å². The number of rotatable bonds is 5. The number of benzene rings is 2. The lowest BCUT2D eigenvalue weighted by atomic mass is 10.2. The van der Waals surface area contributed by atoms with Crippen molar-refractivity contribution in [3.8, 4) is 11.5 Å². The van der Waals surface area contributed by atoms with E-state index in [4.69, 9.17) is 21.1 Å². The number of hydrogen-bond acceptors (Lipinski definition) is 5. The van der Waals surface area contributed by atoms with E-state index in [0.717, 1.165) is 5.56 Å². The highest BCUT2D eigenvalue weighted by atomic mass is 35.5. The van der Waals surface area contributed by atoms with Gasteiger partial charge in [0.1, 0.15) is 17.9 Å². The van der Waals surface area contributed by atoms with E-state index in [1.54, 1.807) is 19.2 Å². The number of aromatic nitrogens is 2. The summed E-state index contributed by atoms with van der Waals surface area (Å²) in [6.45, 7) is 0.397. The minimum Gasteiger partial charge on any atom is -0.496 e. The maximum atomic E-state index is 13.8. The Bertz CT molecular complexity index is 889. The molecule has 0 fully saturated rings. The van der Waals surface area contributed by atoms with Crippen LogP contribution in [0.2, 0.25) is 5.02 Å². The Morgan fingerprint density at radius 2 is 1.92 bits per heavy atom. The molecule has 7 heteroatoms. The monoisotopic (exact) mass is 347 g/mol. The first kappa shape index (κ1) is 16.3. The molecular weight excluding hydrogens is 333 g/mol. The van der Waals surface area contributed by atoms with Crippen LogP contribution in [0, 0.1) is 5.82 Å². The van der Waals surface area contributed by atoms with E-state index in [0.29, 0.717) is 34.0 Å². The van der Waals surface area contributed by atoms with Crippen molar-refractivity contribution < 1.29 is 13.9 Å². The number of ether oxygens (including phenoxy) is 2. The molecule has 3 aromatic rings. The molecule has 1 aromatic heterocycles. The minimum atomic E-state index is -0.470. The molecule has 0 aliphatic carbocycles. The highest BCUT2D eigenvalue weighted by molar-refractivity contribution is 6.31. The Balaban J connectivity index is 1.96. The molecule has 0 radical (unpaired) electrons. The van der Waals surface area contributed by atoms with Crippen LogP contribution in [0.25, 0.3) is 10.9 Å². The zero-order valence-corrected chi connectivity index (χ0v) is 13.9. The van der Waals surface area contributed by atoms with Crippen LogP contribution in [0.5, 0.6) is 11.5 Å². The zero-order chi connectivity index (χ0) is 17.1. The number of halogens is 2. The van der Waals surface area contributed by atoms with Gasteiger partial charge in [0.05, 0.1) is 19.7 Å². The zero-order valence-electron chi connectivity index (χ0n) is 13.1. The van der Waals surface area contributed by atoms with E-state index < -0.39 is 5.82 Å². The van der Waals surface area contributed by atoms with Crippen LogP contribution >= 0.6 is 11.6 Å². The molecule has 0 amide bonds. The minimum absolute atomic E-state index is 0.135. The molecule has 0 atom stereocenters. The van der Waals surface area contributed by atoms with Gasteiger partial charge in [-0.05, 0) is 18.2 Å². The summed E-state index contributed by atoms with van der Waals surface area (Å²) in [4.78, 5) is 8.32. The van der Waals surface area contributed by atoms with Gasteiger partial charge in [-0.1, -0.05) is 17.7 Å². The van der Waals surface area contributed by atoms with Gasteiger partial charge in [0, 0.05) is 28.6 Å². The van der Waals surface area contributed by atoms with Crippen molar-refractivity contribution in [3.05, 3.63) is 53.1 Å². The summed E-state index contributed by atoms with van der Waals surface area (Å²) in [5.41, 5.74) is 1.29. The molecule has 0 saturated carbocycles. The molecule has 124 valence electrons. The number of nitrogens with one attached hydrogen (secondary N) is 1. The second kappa shape index (κ2) is 6.88. The third-order valence-corrected chi connectivity index (χ3v) is 3.99. The number of hydrogen-bond donors (Lipinski definition) is 1. The van der Waals surface area contributed by atoms with Crippen molar-refractivity contribution >= 4 is 28.3 Å². The largest absolute Gasteiger partial charge is 0.496 e. The molecule has 2 aromatic carbocycles. The topological polar surface area (TPSA) is 56.3 Å². The van der Waals surface area contributed by atoms with E-state index in [-0.39, 0.29) is 5.75 Å². The second-order valence-corrected chi connectivity index (χ2v) is 5.41. The van der Waals surface area contributed by atoms with E-state index >= 15 is 0 Å². The Morgan fingerprint density at radius 3 is 2.67 bits per heavy atom. The van der Waals surface area contributed by atoms with Gasteiger partial charge in [0.25, 0.3) is 0 Å². The molecule has 0 unspecified atom stereocenters. The lowest BCUT2D eigenvalue weighted by molar-refractivity contribution is 0.387. The Morgan fingerprint density at radius 1 is 1.12 bits per heavy atom. The van der Waals surface area contributed by atoms with Crippen molar-refractivity contribution in [2.75, 3.05) is 19.5 Å². The van der Waals surface area contributed by atoms with E-state index in [2.05, 4.69) is 15.3 Å². The maximum absolute atomic E-state index is 13.8. The molecule has 0 aliphatic heterocycles. The molecule has 24 heavy (non-hydrogen) atoms. The average Bonchev–Trinajstić information content (AvgIpc) is 2.59. The molecular formula is C17H15ClFN3O2. The molecule has 1 N–H and O–H groups in total. The Labute approximate surface area is 143 Å². The molecule has 0 saturated heterocycles. The quantitative estimate of drug-likeness (QED) is 0.754. The first-order valence-corrected chi connectivity index (χ1v) is 7.55. The van der Waals surface area contributed by atoms with Crippen LogP contribution < -0.4 is 14.8 Å². The van der Waals surface area contributed by atoms with Crippen LogP contribution in [0.3, 0.4) is 0 Å². The van der Waals surface area contributed by atoms with Gasteiger partial charge in [0.2, 0.25) is 0 Å². The van der Waals surface area contributed by atoms with Crippen LogP contribution in [-0.4, -0.2) is 24.2 Å². The van der Waals surface area contributed by atoms with Crippen molar-refractivity contribution in [3.63, 3.8) is 0 Å². The fraction of sp³-hybridized carbons (Fsp3) is 0.176. The summed E-state index contributed by atoms with van der Waals surface area (Å²) >= 11 is 6.24. The third kappa shape index (κ3) is 3.05. The summed E-state index contributed by atoms with van der Waals surface area (Å²) < 4.78 is 24.2. The van der Waals surface area contributed by atoms with Crippen molar-refractivity contribution in [2.45, 2.75) is 6.54 Å². The fourth-order valence-corrected chi connectivity index (χ4v) is 2.66. The molecule has 3 rings (SSSR count). The van der Waals surface area contributed by atoms with Gasteiger partial charge >= 0.3 is 0 Å². The van der Waals surface area contributed by atoms with Crippen molar-refractivity contribution in [1.82, 2.24) is 9.97 Å². The van der Waals surface area contributed by atoms with Crippen molar-refractivity contribution in [2.24, 2.45) is 0 Å². The first-order valence-electron chi connectivity index (χ1n) is 7.17. The Kier molecular flexibility index (Phi) is 4.66. The molecule has 0 bridgehead atoms. The number of fused-ring (bicyclic) bond motifs is 1. The maximum Gasteiger partial charge on any atom is 0.167 e. The highest BCUT2D eigenvalue weighted by Gasteiger charge is 2.12. The molecule has 0 aliphatic rings. The first-order chi connectivity index (χ1) is 11.6. The SMILES string of the molecule is COc1cc2c(NCc3c(Cl)cccc3OC)ncnc2cc1F. The van der Waals surface area contributed by atoms with E-state index in [1.165, 1.54) is 19.5 Å². The van der Waals surface area contributed by atoms with E-state index in [9.17, 15) is 4.39 Å². The number of anilines is 1. The summed E-state index contributed by atoms with van der Waals surface area (Å²) in [7, 11) is 3.00. The van der Waals surface area contributed by atoms with Gasteiger partial charge in [-0.25, -0.2) is 14.4 Å². The lowest BCUT2D eigenvalue weighted by Crippen LogP contribution is -2.05. The van der Waals surface area contributed by atoms with Crippen LogP contribution in [0.4, 0.5) is 10.2 Å². The predicted molar refractivity (Wildman–Crippen MR) is 91.4 cm³/mol. The van der Waals surface area contributed by atoms with Crippen LogP contribution in [-0.2, 0) is 6.54 Å². The van der Waals surface area contributed by atoms with Gasteiger partial charge in [-0.2, -0.15) is 0 Å². The lowest BCUT2D eigenvalue weighted by Gasteiger charge is -2.13. The van der Waals surface area contributed by atoms with Gasteiger partial charge in [-0.15, -0.1) is 0 Å². The van der Waals surface area contributed by atoms with Gasteiger partial charge in [-0.3, -0.25) is 0 Å². The van der Waals surface area contributed by atoms with Crippen molar-refractivity contribution in [1.29, 1.82) is 0 Å². The summed E-state index contributed by atoms with van der Waals surface area (Å²) in [6, 6.07) is 8.32. The fourth-order valence-electron chi connectivity index (χ4n) is 2.43. The van der Waals surface area contributed by atoms with Gasteiger partial charge < -0.3 is 14.8 Å². The highest BCUT2D eigenvalue weighted by Crippen LogP contribution is 2.30. The average molecular weight is 348 g/mol. The van der Waals surface area contributed by atoms with Crippen LogP contribution in [0.1, 0.15) is 5.56 Å². The number of nitrogens with zero attached hydrogens (tertiary/aromatic N) is 2. The number of methoxy groups -OCH3 is 2. The summed E-state index contributed by atoms with van der Waals surface area (Å²) in [5.74, 6) is 0.898. The molecule has 1 heterocycles. The third-order valence-electron chi connectivity index (χ3n) is 3.64.